The number of aliphatic hydroxyl groups is 1. The number of hydrogen-bond donors (Lipinski definition) is 1. The Hall–Kier alpha value is 0.1000. The van der Waals surface area contributed by atoms with Crippen molar-refractivity contribution in [1.29, 1.82) is 0 Å². The van der Waals surface area contributed by atoms with Gasteiger partial charge in [-0.1, -0.05) is 80.5 Å². The summed E-state index contributed by atoms with van der Waals surface area (Å²) in [6, 6.07) is 0. The third-order valence-electron chi connectivity index (χ3n) is 10.9. The van der Waals surface area contributed by atoms with E-state index in [4.69, 9.17) is 0 Å². The number of ketones is 1. The van der Waals surface area contributed by atoms with Crippen molar-refractivity contribution >= 4 is 28.4 Å². The summed E-state index contributed by atoms with van der Waals surface area (Å²) in [6.45, 7) is 7.02. The normalized spacial score (nSPS) is 43.4. The number of rotatable bonds is 9. The second-order valence-electron chi connectivity index (χ2n) is 12.5. The lowest BCUT2D eigenvalue weighted by Crippen LogP contribution is -2.56. The molecule has 0 aromatic carbocycles. The Morgan fingerprint density at radius 1 is 0.938 bits per heavy atom. The van der Waals surface area contributed by atoms with Crippen molar-refractivity contribution in [3.05, 3.63) is 11.6 Å². The zero-order valence-electron chi connectivity index (χ0n) is 20.9. The van der Waals surface area contributed by atoms with Crippen LogP contribution in [0.25, 0.3) is 0 Å². The van der Waals surface area contributed by atoms with Gasteiger partial charge in [-0.15, -0.1) is 0 Å². The number of halogens is 1. The van der Waals surface area contributed by atoms with E-state index in [0.717, 1.165) is 38.0 Å². The summed E-state index contributed by atoms with van der Waals surface area (Å²) in [5.41, 5.74) is 1.29. The Balaban J connectivity index is 1.48. The molecule has 4 aliphatic carbocycles. The van der Waals surface area contributed by atoms with Gasteiger partial charge in [-0.3, -0.25) is 4.79 Å². The molecule has 0 aromatic rings. The molecule has 7 atom stereocenters. The Morgan fingerprint density at radius 2 is 1.59 bits per heavy atom. The van der Waals surface area contributed by atoms with Crippen LogP contribution in [0, 0.1) is 34.5 Å². The van der Waals surface area contributed by atoms with Crippen LogP contribution >= 0.6 is 22.6 Å². The highest BCUT2D eigenvalue weighted by Gasteiger charge is 2.64. The van der Waals surface area contributed by atoms with Gasteiger partial charge in [0.15, 0.2) is 5.78 Å². The van der Waals surface area contributed by atoms with Crippen molar-refractivity contribution in [3.63, 3.8) is 0 Å². The van der Waals surface area contributed by atoms with E-state index in [-0.39, 0.29) is 10.8 Å². The van der Waals surface area contributed by atoms with Crippen LogP contribution in [0.3, 0.4) is 0 Å². The molecule has 0 spiro atoms. The molecule has 0 bridgehead atoms. The van der Waals surface area contributed by atoms with Gasteiger partial charge >= 0.3 is 0 Å². The van der Waals surface area contributed by atoms with Crippen molar-refractivity contribution in [3.8, 4) is 0 Å². The van der Waals surface area contributed by atoms with Crippen molar-refractivity contribution < 1.29 is 9.90 Å². The molecule has 182 valence electrons. The zero-order valence-corrected chi connectivity index (χ0v) is 23.1. The quantitative estimate of drug-likeness (QED) is 0.178. The van der Waals surface area contributed by atoms with Gasteiger partial charge < -0.3 is 5.11 Å². The van der Waals surface area contributed by atoms with Gasteiger partial charge in [0.05, 0.1) is 5.60 Å². The lowest BCUT2D eigenvalue weighted by atomic mass is 9.44. The van der Waals surface area contributed by atoms with Crippen LogP contribution in [0.5, 0.6) is 0 Å². The first kappa shape index (κ1) is 25.2. The lowest BCUT2D eigenvalue weighted by Gasteiger charge is -2.61. The Bertz CT molecular complexity index is 712. The van der Waals surface area contributed by atoms with Gasteiger partial charge in [0.1, 0.15) is 0 Å². The SMILES string of the molecule is C[C@]12CCC(=O)C=C1C[C@@H](CCCCCCCCCI)[C@@H]1[C@@H]2CC[C@@]2(C)[C@H]1CC[C@]2(C)O. The van der Waals surface area contributed by atoms with E-state index >= 15 is 0 Å². The molecule has 1 N–H and O–H groups in total. The minimum Gasteiger partial charge on any atom is -0.390 e. The number of hydrogen-bond acceptors (Lipinski definition) is 2. The summed E-state index contributed by atoms with van der Waals surface area (Å²) in [6.07, 6.45) is 20.6. The van der Waals surface area contributed by atoms with Gasteiger partial charge in [0.2, 0.25) is 0 Å². The van der Waals surface area contributed by atoms with Crippen LogP contribution < -0.4 is 0 Å². The van der Waals surface area contributed by atoms with Gasteiger partial charge in [-0.05, 0) is 103 Å². The topological polar surface area (TPSA) is 37.3 Å². The standard InChI is InChI=1S/C29H47IO2/c1-27-15-12-23(31)20-22(27)19-21(11-9-7-5-4-6-8-10-18-30)26-24(27)13-16-28(2)25(26)14-17-29(28,3)32/h20-21,24-26,32H,4-19H2,1-3H3/t21-,24+,25+,26-,27+,28+,29+/m1/s1. The van der Waals surface area contributed by atoms with Crippen LogP contribution in [0.1, 0.15) is 117 Å². The molecule has 2 nitrogen and oxygen atoms in total. The smallest absolute Gasteiger partial charge is 0.155 e. The summed E-state index contributed by atoms with van der Waals surface area (Å²) in [5, 5.41) is 11.3. The molecule has 4 rings (SSSR count). The number of carbonyl (C=O) groups is 1. The highest BCUT2D eigenvalue weighted by Crippen LogP contribution is 2.69. The maximum Gasteiger partial charge on any atom is 0.155 e. The maximum atomic E-state index is 12.3. The van der Waals surface area contributed by atoms with E-state index in [1.165, 1.54) is 74.2 Å². The molecular formula is C29H47IO2. The van der Waals surface area contributed by atoms with E-state index in [1.807, 2.05) is 0 Å². The van der Waals surface area contributed by atoms with Gasteiger partial charge in [-0.2, -0.15) is 0 Å². The largest absolute Gasteiger partial charge is 0.390 e. The first-order valence-electron chi connectivity index (χ1n) is 13.8. The van der Waals surface area contributed by atoms with Crippen LogP contribution in [0.15, 0.2) is 11.6 Å². The number of carbonyl (C=O) groups excluding carboxylic acids is 1. The average molecular weight is 555 g/mol. The van der Waals surface area contributed by atoms with Crippen molar-refractivity contribution in [2.24, 2.45) is 34.5 Å². The second kappa shape index (κ2) is 9.99. The summed E-state index contributed by atoms with van der Waals surface area (Å²) in [4.78, 5) is 12.3. The van der Waals surface area contributed by atoms with E-state index in [0.29, 0.717) is 23.5 Å². The fourth-order valence-corrected chi connectivity index (χ4v) is 9.17. The number of allylic oxidation sites excluding steroid dienone is 1. The molecule has 0 unspecified atom stereocenters. The molecule has 0 heterocycles. The van der Waals surface area contributed by atoms with E-state index < -0.39 is 5.60 Å². The summed E-state index contributed by atoms with van der Waals surface area (Å²) < 4.78 is 1.30. The third kappa shape index (κ3) is 4.52. The molecule has 4 aliphatic rings. The van der Waals surface area contributed by atoms with E-state index in [1.54, 1.807) is 0 Å². The van der Waals surface area contributed by atoms with Gasteiger partial charge in [0.25, 0.3) is 0 Å². The van der Waals surface area contributed by atoms with Crippen LogP contribution in [-0.4, -0.2) is 20.9 Å². The monoisotopic (exact) mass is 554 g/mol. The number of unbranched alkanes of at least 4 members (excludes halogenated alkanes) is 6. The molecule has 32 heavy (non-hydrogen) atoms. The predicted octanol–water partition coefficient (Wildman–Crippen LogP) is 8.05. The fourth-order valence-electron chi connectivity index (χ4n) is 8.63. The maximum absolute atomic E-state index is 12.3. The van der Waals surface area contributed by atoms with Crippen LogP contribution in [0.2, 0.25) is 0 Å². The van der Waals surface area contributed by atoms with Crippen molar-refractivity contribution in [2.45, 2.75) is 123 Å². The minimum atomic E-state index is -0.509. The van der Waals surface area contributed by atoms with Gasteiger partial charge in [0, 0.05) is 6.42 Å². The Labute approximate surface area is 210 Å². The highest BCUT2D eigenvalue weighted by molar-refractivity contribution is 14.1. The molecule has 0 radical (unpaired) electrons. The summed E-state index contributed by atoms with van der Waals surface area (Å²) in [5.74, 6) is 3.18. The summed E-state index contributed by atoms with van der Waals surface area (Å²) >= 11 is 2.49. The van der Waals surface area contributed by atoms with E-state index in [2.05, 4.69) is 49.4 Å². The number of alkyl halides is 1. The molecular weight excluding hydrogens is 507 g/mol. The molecule has 0 aromatic heterocycles. The number of fused-ring (bicyclic) bond motifs is 5. The van der Waals surface area contributed by atoms with Crippen molar-refractivity contribution in [1.82, 2.24) is 0 Å². The molecule has 3 heteroatoms. The predicted molar refractivity (Wildman–Crippen MR) is 142 cm³/mol. The molecule has 0 amide bonds. The average Bonchev–Trinajstić information content (AvgIpc) is 3.00. The lowest BCUT2D eigenvalue weighted by molar-refractivity contribution is -0.135. The first-order valence-corrected chi connectivity index (χ1v) is 15.3. The summed E-state index contributed by atoms with van der Waals surface area (Å²) in [7, 11) is 0. The van der Waals surface area contributed by atoms with Crippen molar-refractivity contribution in [2.75, 3.05) is 4.43 Å². The Kier molecular flexibility index (Phi) is 7.87. The fraction of sp³-hybridized carbons (Fsp3) is 0.897. The van der Waals surface area contributed by atoms with E-state index in [9.17, 15) is 9.90 Å². The molecule has 0 aliphatic heterocycles. The molecule has 3 fully saturated rings. The minimum absolute atomic E-state index is 0.0765. The highest BCUT2D eigenvalue weighted by atomic mass is 127. The zero-order chi connectivity index (χ0) is 23.0. The molecule has 0 saturated heterocycles. The molecule has 3 saturated carbocycles. The van der Waals surface area contributed by atoms with Gasteiger partial charge in [-0.25, -0.2) is 0 Å². The third-order valence-corrected chi connectivity index (χ3v) is 11.7. The van der Waals surface area contributed by atoms with Crippen LogP contribution in [0.4, 0.5) is 0 Å². The first-order chi connectivity index (χ1) is 15.2. The van der Waals surface area contributed by atoms with Crippen LogP contribution in [-0.2, 0) is 4.79 Å². The second-order valence-corrected chi connectivity index (χ2v) is 13.6. The Morgan fingerprint density at radius 3 is 2.31 bits per heavy atom.